The molecular weight excluding hydrogens is 435 g/mol. The lowest BCUT2D eigenvalue weighted by molar-refractivity contribution is 0.0602. The molecule has 8 nitrogen and oxygen atoms in total. The van der Waals surface area contributed by atoms with Crippen molar-refractivity contribution in [2.75, 3.05) is 6.54 Å². The fourth-order valence-electron chi connectivity index (χ4n) is 4.53. The zero-order valence-corrected chi connectivity index (χ0v) is 18.4. The highest BCUT2D eigenvalue weighted by Gasteiger charge is 2.31. The third-order valence-electron chi connectivity index (χ3n) is 6.19. The molecule has 0 spiro atoms. The summed E-state index contributed by atoms with van der Waals surface area (Å²) >= 11 is 0. The van der Waals surface area contributed by atoms with Crippen LogP contribution in [0.5, 0.6) is 0 Å². The minimum Gasteiger partial charge on any atom is -0.365 e. The van der Waals surface area contributed by atoms with E-state index in [9.17, 15) is 14.0 Å². The second kappa shape index (κ2) is 9.01. The number of hydrogen-bond donors (Lipinski definition) is 1. The van der Waals surface area contributed by atoms with Gasteiger partial charge in [0.1, 0.15) is 11.4 Å². The highest BCUT2D eigenvalue weighted by atomic mass is 19.1. The molecule has 0 saturated carbocycles. The van der Waals surface area contributed by atoms with E-state index in [1.165, 1.54) is 12.3 Å². The lowest BCUT2D eigenvalue weighted by Crippen LogP contribution is -2.39. The van der Waals surface area contributed by atoms with E-state index >= 15 is 0 Å². The number of benzene rings is 1. The van der Waals surface area contributed by atoms with Gasteiger partial charge in [0, 0.05) is 36.6 Å². The molecule has 1 fully saturated rings. The number of aromatic nitrogens is 4. The molecule has 5 rings (SSSR count). The Kier molecular flexibility index (Phi) is 5.75. The van der Waals surface area contributed by atoms with E-state index < -0.39 is 5.91 Å². The van der Waals surface area contributed by atoms with Gasteiger partial charge in [0.15, 0.2) is 5.65 Å². The van der Waals surface area contributed by atoms with Crippen LogP contribution in [0.4, 0.5) is 4.39 Å². The Bertz CT molecular complexity index is 1380. The SMILES string of the molecule is NC(=O)c1cnn2c(C3CCCCN3C(=O)c3ccnc(Cc4ccccc4F)c3)ccnc12. The van der Waals surface area contributed by atoms with Gasteiger partial charge < -0.3 is 10.6 Å². The molecule has 1 aliphatic rings. The standard InChI is InChI=1S/C25H23FN6O2/c26-20-6-2-1-5-16(20)13-18-14-17(8-10-28-18)25(34)31-12-4-3-7-21(31)22-9-11-29-24-19(23(27)33)15-30-32(22)24/h1-2,5-6,8-11,14-15,21H,3-4,7,12-13H2,(H2,27,33). The van der Waals surface area contributed by atoms with Gasteiger partial charge in [-0.3, -0.25) is 14.6 Å². The number of halogens is 1. The summed E-state index contributed by atoms with van der Waals surface area (Å²) in [5.41, 5.74) is 8.48. The van der Waals surface area contributed by atoms with E-state index in [1.807, 2.05) is 11.0 Å². The van der Waals surface area contributed by atoms with Gasteiger partial charge in [0.25, 0.3) is 11.8 Å². The monoisotopic (exact) mass is 458 g/mol. The van der Waals surface area contributed by atoms with Crippen molar-refractivity contribution in [2.24, 2.45) is 5.73 Å². The van der Waals surface area contributed by atoms with Crippen LogP contribution in [0.25, 0.3) is 5.65 Å². The predicted octanol–water partition coefficient (Wildman–Crippen LogP) is 3.32. The normalized spacial score (nSPS) is 16.0. The van der Waals surface area contributed by atoms with Gasteiger partial charge in [0.2, 0.25) is 0 Å². The van der Waals surface area contributed by atoms with Crippen LogP contribution in [0.1, 0.15) is 63.0 Å². The van der Waals surface area contributed by atoms with Gasteiger partial charge in [-0.1, -0.05) is 18.2 Å². The minimum absolute atomic E-state index is 0.130. The summed E-state index contributed by atoms with van der Waals surface area (Å²) < 4.78 is 15.7. The molecule has 1 aromatic carbocycles. The van der Waals surface area contributed by atoms with Crippen LogP contribution in [0.3, 0.4) is 0 Å². The van der Waals surface area contributed by atoms with E-state index in [-0.39, 0.29) is 23.3 Å². The molecule has 172 valence electrons. The first-order valence-corrected chi connectivity index (χ1v) is 11.1. The summed E-state index contributed by atoms with van der Waals surface area (Å²) in [4.78, 5) is 35.8. The van der Waals surface area contributed by atoms with Crippen molar-refractivity contribution in [3.63, 3.8) is 0 Å². The number of amides is 2. The van der Waals surface area contributed by atoms with Crippen molar-refractivity contribution in [2.45, 2.75) is 31.7 Å². The van der Waals surface area contributed by atoms with Crippen LogP contribution in [0.15, 0.2) is 61.1 Å². The number of primary amides is 1. The van der Waals surface area contributed by atoms with Crippen molar-refractivity contribution < 1.29 is 14.0 Å². The molecule has 1 aliphatic heterocycles. The Labute approximate surface area is 195 Å². The third-order valence-corrected chi connectivity index (χ3v) is 6.19. The Morgan fingerprint density at radius 3 is 2.74 bits per heavy atom. The summed E-state index contributed by atoms with van der Waals surface area (Å²) in [5.74, 6) is -1.03. The Balaban J connectivity index is 1.46. The predicted molar refractivity (Wildman–Crippen MR) is 123 cm³/mol. The van der Waals surface area contributed by atoms with Crippen LogP contribution < -0.4 is 5.73 Å². The van der Waals surface area contributed by atoms with E-state index in [0.29, 0.717) is 35.4 Å². The molecule has 2 amide bonds. The molecule has 3 aromatic heterocycles. The molecule has 0 aliphatic carbocycles. The number of piperidine rings is 1. The summed E-state index contributed by atoms with van der Waals surface area (Å²) in [6, 6.07) is 11.5. The Morgan fingerprint density at radius 1 is 1.09 bits per heavy atom. The Morgan fingerprint density at radius 2 is 1.91 bits per heavy atom. The smallest absolute Gasteiger partial charge is 0.254 e. The average molecular weight is 458 g/mol. The molecule has 9 heteroatoms. The van der Waals surface area contributed by atoms with E-state index in [1.54, 1.807) is 47.2 Å². The molecular formula is C25H23FN6O2. The van der Waals surface area contributed by atoms with Gasteiger partial charge in [-0.2, -0.15) is 5.10 Å². The second-order valence-corrected chi connectivity index (χ2v) is 8.34. The van der Waals surface area contributed by atoms with E-state index in [4.69, 9.17) is 5.73 Å². The number of fused-ring (bicyclic) bond motifs is 1. The van der Waals surface area contributed by atoms with Gasteiger partial charge >= 0.3 is 0 Å². The summed E-state index contributed by atoms with van der Waals surface area (Å²) in [6.07, 6.45) is 7.48. The van der Waals surface area contributed by atoms with Crippen molar-refractivity contribution >= 4 is 17.5 Å². The molecule has 34 heavy (non-hydrogen) atoms. The fraction of sp³-hybridized carbons (Fsp3) is 0.240. The maximum Gasteiger partial charge on any atom is 0.254 e. The van der Waals surface area contributed by atoms with Gasteiger partial charge in [-0.05, 0) is 49.1 Å². The van der Waals surface area contributed by atoms with Crippen LogP contribution >= 0.6 is 0 Å². The average Bonchev–Trinajstić information content (AvgIpc) is 3.30. The first kappa shape index (κ1) is 21.7. The van der Waals surface area contributed by atoms with Crippen LogP contribution in [-0.2, 0) is 6.42 Å². The molecule has 1 saturated heterocycles. The summed E-state index contributed by atoms with van der Waals surface area (Å²) in [5, 5.41) is 4.32. The van der Waals surface area contributed by atoms with Crippen molar-refractivity contribution in [1.82, 2.24) is 24.5 Å². The topological polar surface area (TPSA) is 106 Å². The maximum atomic E-state index is 14.1. The van der Waals surface area contributed by atoms with Crippen molar-refractivity contribution in [3.8, 4) is 0 Å². The summed E-state index contributed by atoms with van der Waals surface area (Å²) in [6.45, 7) is 0.586. The highest BCUT2D eigenvalue weighted by Crippen LogP contribution is 2.32. The number of nitrogens with zero attached hydrogens (tertiary/aromatic N) is 5. The fourth-order valence-corrected chi connectivity index (χ4v) is 4.53. The lowest BCUT2D eigenvalue weighted by atomic mass is 9.97. The number of likely N-dealkylation sites (tertiary alicyclic amines) is 1. The number of pyridine rings is 1. The zero-order valence-electron chi connectivity index (χ0n) is 18.4. The van der Waals surface area contributed by atoms with Crippen LogP contribution in [-0.4, -0.2) is 42.8 Å². The zero-order chi connectivity index (χ0) is 23.7. The first-order valence-electron chi connectivity index (χ1n) is 11.1. The first-order chi connectivity index (χ1) is 16.5. The number of carbonyl (C=O) groups excluding carboxylic acids is 2. The molecule has 4 aromatic rings. The van der Waals surface area contributed by atoms with E-state index in [2.05, 4.69) is 15.1 Å². The van der Waals surface area contributed by atoms with Gasteiger partial charge in [-0.25, -0.2) is 13.9 Å². The molecule has 0 bridgehead atoms. The third kappa shape index (κ3) is 4.00. The molecule has 1 unspecified atom stereocenters. The Hall–Kier alpha value is -4.14. The van der Waals surface area contributed by atoms with E-state index in [0.717, 1.165) is 25.0 Å². The van der Waals surface area contributed by atoms with Crippen molar-refractivity contribution in [1.29, 1.82) is 0 Å². The van der Waals surface area contributed by atoms with Crippen LogP contribution in [0.2, 0.25) is 0 Å². The maximum absolute atomic E-state index is 14.1. The molecule has 2 N–H and O–H groups in total. The quantitative estimate of drug-likeness (QED) is 0.494. The lowest BCUT2D eigenvalue weighted by Gasteiger charge is -2.36. The number of carbonyl (C=O) groups is 2. The summed E-state index contributed by atoms with van der Waals surface area (Å²) in [7, 11) is 0. The largest absolute Gasteiger partial charge is 0.365 e. The second-order valence-electron chi connectivity index (χ2n) is 8.34. The molecule has 1 atom stereocenters. The minimum atomic E-state index is -0.601. The number of hydrogen-bond acceptors (Lipinski definition) is 5. The number of rotatable bonds is 5. The van der Waals surface area contributed by atoms with Crippen molar-refractivity contribution in [3.05, 3.63) is 95.0 Å². The number of nitrogens with two attached hydrogens (primary N) is 1. The van der Waals surface area contributed by atoms with Gasteiger partial charge in [0.05, 0.1) is 17.9 Å². The van der Waals surface area contributed by atoms with Gasteiger partial charge in [-0.15, -0.1) is 0 Å². The molecule has 0 radical (unpaired) electrons. The molecule has 4 heterocycles. The highest BCUT2D eigenvalue weighted by molar-refractivity contribution is 5.98. The van der Waals surface area contributed by atoms with Crippen LogP contribution in [0, 0.1) is 5.82 Å².